The van der Waals surface area contributed by atoms with Crippen LogP contribution in [-0.2, 0) is 4.74 Å². The van der Waals surface area contributed by atoms with Crippen LogP contribution in [0.4, 0.5) is 10.5 Å². The molecule has 0 aromatic heterocycles. The third kappa shape index (κ3) is 4.93. The molecule has 0 radical (unpaired) electrons. The second kappa shape index (κ2) is 6.08. The standard InChI is InChI=1S/C14H19ClN2O2/c1-9(8-16)11-6-5-10(7-12(11)15)17-13(18)19-14(2,3)4/h5-7H,1,8,16H2,2-4H3,(H,17,18). The van der Waals surface area contributed by atoms with Gasteiger partial charge in [-0.2, -0.15) is 0 Å². The van der Waals surface area contributed by atoms with Crippen molar-refractivity contribution < 1.29 is 9.53 Å². The second-order valence-electron chi connectivity index (χ2n) is 5.13. The fourth-order valence-corrected chi connectivity index (χ4v) is 1.73. The number of halogens is 1. The van der Waals surface area contributed by atoms with E-state index in [-0.39, 0.29) is 0 Å². The van der Waals surface area contributed by atoms with E-state index < -0.39 is 11.7 Å². The maximum atomic E-state index is 11.6. The Morgan fingerprint density at radius 2 is 2.11 bits per heavy atom. The number of amides is 1. The van der Waals surface area contributed by atoms with Crippen molar-refractivity contribution in [3.8, 4) is 0 Å². The van der Waals surface area contributed by atoms with E-state index in [0.717, 1.165) is 11.1 Å². The summed E-state index contributed by atoms with van der Waals surface area (Å²) < 4.78 is 5.15. The van der Waals surface area contributed by atoms with Gasteiger partial charge in [0.05, 0.1) is 5.02 Å². The zero-order chi connectivity index (χ0) is 14.6. The van der Waals surface area contributed by atoms with Crippen molar-refractivity contribution in [3.63, 3.8) is 0 Å². The van der Waals surface area contributed by atoms with Crippen LogP contribution in [0.15, 0.2) is 24.8 Å². The summed E-state index contributed by atoms with van der Waals surface area (Å²) in [4.78, 5) is 11.6. The van der Waals surface area contributed by atoms with Gasteiger partial charge in [-0.1, -0.05) is 24.2 Å². The van der Waals surface area contributed by atoms with Crippen molar-refractivity contribution in [2.45, 2.75) is 26.4 Å². The molecule has 0 aliphatic rings. The van der Waals surface area contributed by atoms with Crippen LogP contribution in [0.2, 0.25) is 5.02 Å². The highest BCUT2D eigenvalue weighted by molar-refractivity contribution is 6.32. The molecule has 3 N–H and O–H groups in total. The highest BCUT2D eigenvalue weighted by atomic mass is 35.5. The van der Waals surface area contributed by atoms with Gasteiger partial charge < -0.3 is 10.5 Å². The molecule has 19 heavy (non-hydrogen) atoms. The lowest BCUT2D eigenvalue weighted by atomic mass is 10.1. The summed E-state index contributed by atoms with van der Waals surface area (Å²) in [5.74, 6) is 0. The van der Waals surface area contributed by atoms with E-state index in [1.54, 1.807) is 39.0 Å². The number of nitrogens with one attached hydrogen (secondary N) is 1. The topological polar surface area (TPSA) is 64.3 Å². The van der Waals surface area contributed by atoms with Crippen LogP contribution in [0.1, 0.15) is 26.3 Å². The van der Waals surface area contributed by atoms with Crippen LogP contribution >= 0.6 is 11.6 Å². The monoisotopic (exact) mass is 282 g/mol. The molecule has 1 aromatic rings. The number of anilines is 1. The van der Waals surface area contributed by atoms with Crippen LogP contribution in [0.3, 0.4) is 0 Å². The zero-order valence-electron chi connectivity index (χ0n) is 11.4. The molecule has 0 heterocycles. The minimum Gasteiger partial charge on any atom is -0.444 e. The quantitative estimate of drug-likeness (QED) is 0.889. The number of nitrogens with two attached hydrogens (primary N) is 1. The Kier molecular flexibility index (Phi) is 4.97. The number of benzene rings is 1. The summed E-state index contributed by atoms with van der Waals surface area (Å²) in [6, 6.07) is 5.14. The normalized spacial score (nSPS) is 11.0. The molecule has 0 fully saturated rings. The van der Waals surface area contributed by atoms with Gasteiger partial charge in [0, 0.05) is 12.2 Å². The fourth-order valence-electron chi connectivity index (χ4n) is 1.41. The van der Waals surface area contributed by atoms with E-state index >= 15 is 0 Å². The molecular formula is C14H19ClN2O2. The molecule has 0 saturated carbocycles. The first-order valence-electron chi connectivity index (χ1n) is 5.90. The Balaban J connectivity index is 2.79. The van der Waals surface area contributed by atoms with Crippen molar-refractivity contribution >= 4 is 29.0 Å². The summed E-state index contributed by atoms with van der Waals surface area (Å²) in [7, 11) is 0. The number of hydrogen-bond donors (Lipinski definition) is 2. The smallest absolute Gasteiger partial charge is 0.412 e. The molecule has 0 unspecified atom stereocenters. The molecule has 0 spiro atoms. The molecule has 0 aliphatic carbocycles. The van der Waals surface area contributed by atoms with Crippen molar-refractivity contribution in [3.05, 3.63) is 35.4 Å². The van der Waals surface area contributed by atoms with E-state index in [1.807, 2.05) is 0 Å². The lowest BCUT2D eigenvalue weighted by Gasteiger charge is -2.19. The van der Waals surface area contributed by atoms with Crippen molar-refractivity contribution in [2.24, 2.45) is 5.73 Å². The van der Waals surface area contributed by atoms with Crippen LogP contribution < -0.4 is 11.1 Å². The predicted molar refractivity (Wildman–Crippen MR) is 79.4 cm³/mol. The molecule has 0 saturated heterocycles. The van der Waals surface area contributed by atoms with Gasteiger partial charge in [0.1, 0.15) is 5.60 Å². The van der Waals surface area contributed by atoms with E-state index in [9.17, 15) is 4.79 Å². The minimum atomic E-state index is -0.540. The maximum Gasteiger partial charge on any atom is 0.412 e. The summed E-state index contributed by atoms with van der Waals surface area (Å²) in [5.41, 5.74) is 7.06. The van der Waals surface area contributed by atoms with Gasteiger partial charge in [0.15, 0.2) is 0 Å². The number of carbonyl (C=O) groups is 1. The Hall–Kier alpha value is -1.52. The fraction of sp³-hybridized carbons (Fsp3) is 0.357. The van der Waals surface area contributed by atoms with Crippen LogP contribution in [-0.4, -0.2) is 18.2 Å². The highest BCUT2D eigenvalue weighted by Crippen LogP contribution is 2.26. The summed E-state index contributed by atoms with van der Waals surface area (Å²) in [6.07, 6.45) is -0.519. The van der Waals surface area contributed by atoms with Gasteiger partial charge in [-0.25, -0.2) is 4.79 Å². The van der Waals surface area contributed by atoms with E-state index in [2.05, 4.69) is 11.9 Å². The molecule has 0 atom stereocenters. The van der Waals surface area contributed by atoms with Gasteiger partial charge in [0.2, 0.25) is 0 Å². The number of hydrogen-bond acceptors (Lipinski definition) is 3. The van der Waals surface area contributed by atoms with Gasteiger partial charge >= 0.3 is 6.09 Å². The highest BCUT2D eigenvalue weighted by Gasteiger charge is 2.16. The SMILES string of the molecule is C=C(CN)c1ccc(NC(=O)OC(C)(C)C)cc1Cl. The predicted octanol–water partition coefficient (Wildman–Crippen LogP) is 3.66. The molecule has 1 amide bonds. The first kappa shape index (κ1) is 15.5. The van der Waals surface area contributed by atoms with E-state index in [4.69, 9.17) is 22.1 Å². The summed E-state index contributed by atoms with van der Waals surface area (Å²) in [6.45, 7) is 9.55. The molecule has 104 valence electrons. The molecule has 1 aromatic carbocycles. The maximum absolute atomic E-state index is 11.6. The first-order chi connectivity index (χ1) is 8.73. The zero-order valence-corrected chi connectivity index (χ0v) is 12.2. The molecule has 1 rings (SSSR count). The largest absolute Gasteiger partial charge is 0.444 e. The molecule has 5 heteroatoms. The average Bonchev–Trinajstić information content (AvgIpc) is 2.25. The van der Waals surface area contributed by atoms with Gasteiger partial charge in [-0.05, 0) is 44.0 Å². The Morgan fingerprint density at radius 1 is 1.47 bits per heavy atom. The first-order valence-corrected chi connectivity index (χ1v) is 6.28. The van der Waals surface area contributed by atoms with Crippen molar-refractivity contribution in [2.75, 3.05) is 11.9 Å². The average molecular weight is 283 g/mol. The number of carbonyl (C=O) groups excluding carboxylic acids is 1. The Bertz CT molecular complexity index is 493. The molecule has 0 bridgehead atoms. The van der Waals surface area contributed by atoms with Crippen molar-refractivity contribution in [1.82, 2.24) is 0 Å². The Labute approximate surface area is 118 Å². The third-order valence-corrected chi connectivity index (χ3v) is 2.55. The lowest BCUT2D eigenvalue weighted by Crippen LogP contribution is -2.27. The minimum absolute atomic E-state index is 0.332. The van der Waals surface area contributed by atoms with Crippen LogP contribution in [0.5, 0.6) is 0 Å². The van der Waals surface area contributed by atoms with Crippen LogP contribution in [0, 0.1) is 0 Å². The van der Waals surface area contributed by atoms with Gasteiger partial charge in [-0.3, -0.25) is 5.32 Å². The van der Waals surface area contributed by atoms with Gasteiger partial charge in [0.25, 0.3) is 0 Å². The van der Waals surface area contributed by atoms with Crippen molar-refractivity contribution in [1.29, 1.82) is 0 Å². The number of rotatable bonds is 3. The lowest BCUT2D eigenvalue weighted by molar-refractivity contribution is 0.0636. The van der Waals surface area contributed by atoms with E-state index in [0.29, 0.717) is 17.3 Å². The summed E-state index contributed by atoms with van der Waals surface area (Å²) in [5, 5.41) is 3.11. The molecular weight excluding hydrogens is 264 g/mol. The van der Waals surface area contributed by atoms with Gasteiger partial charge in [-0.15, -0.1) is 0 Å². The Morgan fingerprint density at radius 3 is 2.58 bits per heavy atom. The summed E-state index contributed by atoms with van der Waals surface area (Å²) >= 11 is 6.11. The molecule has 0 aliphatic heterocycles. The van der Waals surface area contributed by atoms with E-state index in [1.165, 1.54) is 0 Å². The third-order valence-electron chi connectivity index (χ3n) is 2.24. The molecule has 4 nitrogen and oxygen atoms in total. The van der Waals surface area contributed by atoms with Crippen LogP contribution in [0.25, 0.3) is 5.57 Å². The number of ether oxygens (including phenoxy) is 1. The second-order valence-corrected chi connectivity index (χ2v) is 5.54.